The van der Waals surface area contributed by atoms with Crippen LogP contribution in [0.3, 0.4) is 0 Å². The Morgan fingerprint density at radius 3 is 2.07 bits per heavy atom. The van der Waals surface area contributed by atoms with Crippen LogP contribution in [0.5, 0.6) is 0 Å². The molecule has 0 amide bonds. The van der Waals surface area contributed by atoms with E-state index >= 15 is 0 Å². The fourth-order valence-corrected chi connectivity index (χ4v) is 1.54. The van der Waals surface area contributed by atoms with Crippen molar-refractivity contribution < 1.29 is 30.5 Å². The van der Waals surface area contributed by atoms with Gasteiger partial charge in [0.25, 0.3) is 10.1 Å². The highest BCUT2D eigenvalue weighted by molar-refractivity contribution is 7.85. The quantitative estimate of drug-likeness (QED) is 0.553. The van der Waals surface area contributed by atoms with Gasteiger partial charge >= 0.3 is 0 Å². The average Bonchev–Trinajstić information content (AvgIpc) is 2.10. The summed E-state index contributed by atoms with van der Waals surface area (Å²) in [6.07, 6.45) is -8.37. The van der Waals surface area contributed by atoms with E-state index in [0.29, 0.717) is 0 Å². The average molecular weight is 252 g/mol. The Morgan fingerprint density at radius 1 is 1.13 bits per heavy atom. The van der Waals surface area contributed by atoms with E-state index < -0.39 is 47.5 Å². The van der Waals surface area contributed by atoms with Crippen molar-refractivity contribution >= 4 is 10.1 Å². The molecule has 0 aromatic rings. The maximum absolute atomic E-state index is 12.8. The van der Waals surface area contributed by atoms with Crippen LogP contribution in [0.1, 0.15) is 12.8 Å². The molecular weight excluding hydrogens is 240 g/mol. The maximum Gasteiger partial charge on any atom is 0.267 e. The van der Waals surface area contributed by atoms with Crippen molar-refractivity contribution in [1.29, 1.82) is 0 Å². The van der Waals surface area contributed by atoms with Crippen molar-refractivity contribution in [1.82, 2.24) is 0 Å². The second-order valence-corrected chi connectivity index (χ2v) is 4.55. The Hall–Kier alpha value is -0.370. The van der Waals surface area contributed by atoms with Crippen LogP contribution < -0.4 is 0 Å². The lowest BCUT2D eigenvalue weighted by Crippen LogP contribution is -2.33. The lowest BCUT2D eigenvalue weighted by atomic mass is 10.1. The van der Waals surface area contributed by atoms with Crippen LogP contribution in [0.2, 0.25) is 0 Å². The number of hydrogen-bond acceptors (Lipinski definition) is 2. The van der Waals surface area contributed by atoms with Crippen LogP contribution in [-0.4, -0.2) is 43.9 Å². The van der Waals surface area contributed by atoms with Gasteiger partial charge in [-0.3, -0.25) is 8.94 Å². The van der Waals surface area contributed by atoms with Crippen LogP contribution in [0.15, 0.2) is 0 Å². The van der Waals surface area contributed by atoms with Gasteiger partial charge in [0.2, 0.25) is 0 Å². The molecule has 8 heteroatoms. The van der Waals surface area contributed by atoms with Crippen LogP contribution in [0.4, 0.5) is 17.6 Å². The van der Waals surface area contributed by atoms with Gasteiger partial charge in [0.05, 0.1) is 6.67 Å². The fraction of sp³-hybridized carbons (Fsp3) is 1.00. The highest BCUT2D eigenvalue weighted by Gasteiger charge is 2.32. The third kappa shape index (κ3) is 6.67. The first-order chi connectivity index (χ1) is 6.78. The van der Waals surface area contributed by atoms with Crippen molar-refractivity contribution in [3.05, 3.63) is 0 Å². The summed E-state index contributed by atoms with van der Waals surface area (Å²) in [7, 11) is -4.68. The van der Waals surface area contributed by atoms with Gasteiger partial charge in [0.1, 0.15) is 11.9 Å². The van der Waals surface area contributed by atoms with Gasteiger partial charge in [0, 0.05) is 0 Å². The van der Waals surface area contributed by atoms with Crippen molar-refractivity contribution in [2.45, 2.75) is 31.4 Å². The molecule has 3 atom stereocenters. The van der Waals surface area contributed by atoms with Crippen LogP contribution in [-0.2, 0) is 10.1 Å². The van der Waals surface area contributed by atoms with E-state index in [2.05, 4.69) is 0 Å². The molecule has 0 aliphatic carbocycles. The third-order valence-electron chi connectivity index (χ3n) is 1.67. The molecule has 0 fully saturated rings. The first kappa shape index (κ1) is 14.6. The highest BCUT2D eigenvalue weighted by Crippen LogP contribution is 2.17. The largest absolute Gasteiger partial charge is 0.285 e. The highest BCUT2D eigenvalue weighted by atomic mass is 32.2. The van der Waals surface area contributed by atoms with Crippen molar-refractivity contribution in [3.63, 3.8) is 0 Å². The molecule has 0 bridgehead atoms. The molecule has 0 saturated heterocycles. The minimum Gasteiger partial charge on any atom is -0.285 e. The summed E-state index contributed by atoms with van der Waals surface area (Å²) < 4.78 is 78.3. The molecule has 0 aromatic carbocycles. The molecule has 0 aliphatic heterocycles. The summed E-state index contributed by atoms with van der Waals surface area (Å²) >= 11 is 0. The normalized spacial score (nSPS) is 18.5. The van der Waals surface area contributed by atoms with E-state index in [9.17, 15) is 26.0 Å². The second-order valence-electron chi connectivity index (χ2n) is 3.06. The molecule has 92 valence electrons. The maximum atomic E-state index is 12.8. The number of halogens is 4. The molecule has 0 aromatic heterocycles. The molecule has 15 heavy (non-hydrogen) atoms. The summed E-state index contributed by atoms with van der Waals surface area (Å²) in [5.74, 6) is -1.50. The molecule has 0 aliphatic rings. The van der Waals surface area contributed by atoms with E-state index in [1.165, 1.54) is 0 Å². The number of rotatable bonds is 7. The fourth-order valence-electron chi connectivity index (χ4n) is 0.951. The van der Waals surface area contributed by atoms with Gasteiger partial charge in [-0.1, -0.05) is 0 Å². The summed E-state index contributed by atoms with van der Waals surface area (Å²) in [4.78, 5) is 0. The molecule has 0 rings (SSSR count). The van der Waals surface area contributed by atoms with E-state index in [1.807, 2.05) is 0 Å². The van der Waals surface area contributed by atoms with E-state index in [-0.39, 0.29) is 6.42 Å². The third-order valence-corrected chi connectivity index (χ3v) is 2.41. The van der Waals surface area contributed by atoms with Gasteiger partial charge in [-0.25, -0.2) is 13.2 Å². The smallest absolute Gasteiger partial charge is 0.267 e. The van der Waals surface area contributed by atoms with Crippen molar-refractivity contribution in [2.75, 3.05) is 12.4 Å². The standard InChI is InChI=1S/C7H12F4O3S/c8-3-1-2-5(9)7(11)6(10)4-15(12,13)14/h5-7H,1-4H2,(H,12,13,14). The molecule has 3 unspecified atom stereocenters. The van der Waals surface area contributed by atoms with Gasteiger partial charge in [0.15, 0.2) is 12.3 Å². The van der Waals surface area contributed by atoms with Gasteiger partial charge in [-0.05, 0) is 12.8 Å². The minimum absolute atomic E-state index is 0.264. The molecule has 3 nitrogen and oxygen atoms in total. The van der Waals surface area contributed by atoms with Crippen molar-refractivity contribution in [2.24, 2.45) is 0 Å². The summed E-state index contributed by atoms with van der Waals surface area (Å²) in [5, 5.41) is 0. The Bertz CT molecular complexity index is 269. The Kier molecular flexibility index (Phi) is 6.11. The lowest BCUT2D eigenvalue weighted by Gasteiger charge is -2.15. The first-order valence-corrected chi connectivity index (χ1v) is 5.82. The Labute approximate surface area is 85.2 Å². The van der Waals surface area contributed by atoms with E-state index in [1.54, 1.807) is 0 Å². The van der Waals surface area contributed by atoms with Crippen molar-refractivity contribution in [3.8, 4) is 0 Å². The SMILES string of the molecule is O=S(=O)(O)CC(F)C(F)C(F)CCCF. The molecule has 0 radical (unpaired) electrons. The predicted molar refractivity (Wildman–Crippen MR) is 46.3 cm³/mol. The minimum atomic E-state index is -4.68. The molecule has 0 heterocycles. The van der Waals surface area contributed by atoms with Gasteiger partial charge in [-0.15, -0.1) is 0 Å². The predicted octanol–water partition coefficient (Wildman–Crippen LogP) is 1.64. The van der Waals surface area contributed by atoms with Crippen LogP contribution in [0.25, 0.3) is 0 Å². The summed E-state index contributed by atoms with van der Waals surface area (Å²) in [5.41, 5.74) is 0. The Balaban J connectivity index is 4.12. The Morgan fingerprint density at radius 2 is 1.67 bits per heavy atom. The zero-order valence-corrected chi connectivity index (χ0v) is 8.56. The molecule has 0 spiro atoms. The van der Waals surface area contributed by atoms with E-state index in [0.717, 1.165) is 0 Å². The molecule has 1 N–H and O–H groups in total. The summed E-state index contributed by atoms with van der Waals surface area (Å²) in [6.45, 7) is -0.859. The van der Waals surface area contributed by atoms with Crippen LogP contribution in [0, 0.1) is 0 Å². The zero-order chi connectivity index (χ0) is 12.1. The topological polar surface area (TPSA) is 54.4 Å². The van der Waals surface area contributed by atoms with Gasteiger partial charge < -0.3 is 0 Å². The van der Waals surface area contributed by atoms with E-state index in [4.69, 9.17) is 4.55 Å². The van der Waals surface area contributed by atoms with Gasteiger partial charge in [-0.2, -0.15) is 8.42 Å². The molecular formula is C7H12F4O3S. The van der Waals surface area contributed by atoms with Crippen LogP contribution >= 0.6 is 0 Å². The monoisotopic (exact) mass is 252 g/mol. The lowest BCUT2D eigenvalue weighted by molar-refractivity contribution is 0.0846. The number of alkyl halides is 4. The molecule has 0 saturated carbocycles. The summed E-state index contributed by atoms with van der Waals surface area (Å²) in [6, 6.07) is 0. The first-order valence-electron chi connectivity index (χ1n) is 4.21. The second kappa shape index (κ2) is 6.26. The zero-order valence-electron chi connectivity index (χ0n) is 7.74. The number of hydrogen-bond donors (Lipinski definition) is 1.